The van der Waals surface area contributed by atoms with Crippen molar-refractivity contribution < 1.29 is 18.8 Å². The van der Waals surface area contributed by atoms with Gasteiger partial charge in [-0.15, -0.1) is 0 Å². The Morgan fingerprint density at radius 1 is 1.00 bits per heavy atom. The van der Waals surface area contributed by atoms with E-state index in [-0.39, 0.29) is 30.0 Å². The highest BCUT2D eigenvalue weighted by molar-refractivity contribution is 9.10. The summed E-state index contributed by atoms with van der Waals surface area (Å²) < 4.78 is 5.77. The lowest BCUT2D eigenvalue weighted by atomic mass is 10.1. The lowest BCUT2D eigenvalue weighted by molar-refractivity contribution is 0.0947. The molecule has 0 aliphatic rings. The van der Waals surface area contributed by atoms with Gasteiger partial charge in [0, 0.05) is 26.2 Å². The van der Waals surface area contributed by atoms with Gasteiger partial charge in [-0.2, -0.15) is 0 Å². The van der Waals surface area contributed by atoms with Gasteiger partial charge >= 0.3 is 0 Å². The number of carbonyl (C=O) groups is 3. The number of hydrogen-bond donors (Lipinski definition) is 2. The summed E-state index contributed by atoms with van der Waals surface area (Å²) in [6.07, 6.45) is 0. The maximum absolute atomic E-state index is 12.8. The van der Waals surface area contributed by atoms with Gasteiger partial charge in [0.25, 0.3) is 17.7 Å². The van der Waals surface area contributed by atoms with Crippen molar-refractivity contribution in [2.45, 2.75) is 6.54 Å². The summed E-state index contributed by atoms with van der Waals surface area (Å²) in [4.78, 5) is 38.7. The number of halogens is 1. The van der Waals surface area contributed by atoms with Crippen molar-refractivity contribution in [1.82, 2.24) is 10.6 Å². The first-order chi connectivity index (χ1) is 14.4. The summed E-state index contributed by atoms with van der Waals surface area (Å²) in [5, 5.41) is 5.41. The van der Waals surface area contributed by atoms with Crippen molar-refractivity contribution in [1.29, 1.82) is 0 Å². The lowest BCUT2D eigenvalue weighted by Gasteiger charge is -2.19. The molecule has 0 saturated heterocycles. The van der Waals surface area contributed by atoms with E-state index < -0.39 is 0 Å². The van der Waals surface area contributed by atoms with E-state index in [1.807, 2.05) is 6.07 Å². The Morgan fingerprint density at radius 2 is 1.77 bits per heavy atom. The number of rotatable bonds is 6. The molecule has 2 N–H and O–H groups in total. The third kappa shape index (κ3) is 4.77. The van der Waals surface area contributed by atoms with Crippen LogP contribution in [0.2, 0.25) is 0 Å². The topological polar surface area (TPSA) is 91.7 Å². The molecule has 0 aliphatic carbocycles. The molecule has 1 heterocycles. The van der Waals surface area contributed by atoms with Crippen LogP contribution >= 0.6 is 15.9 Å². The van der Waals surface area contributed by atoms with E-state index in [9.17, 15) is 14.4 Å². The van der Waals surface area contributed by atoms with Gasteiger partial charge in [-0.05, 0) is 57.9 Å². The second-order valence-corrected chi connectivity index (χ2v) is 7.23. The molecule has 1 aromatic heterocycles. The average Bonchev–Trinajstić information content (AvgIpc) is 3.22. The molecule has 0 radical (unpaired) electrons. The standard InChI is InChI=1S/C22H20BrN3O4/c1-24-20(27)15-7-5-6-14(12-15)13-25-21(28)16-8-3-4-9-17(16)26(2)22(29)18-10-11-19(23)30-18/h3-12H,13H2,1-2H3,(H,24,27)(H,25,28). The van der Waals surface area contributed by atoms with Crippen molar-refractivity contribution >= 4 is 39.3 Å². The highest BCUT2D eigenvalue weighted by Crippen LogP contribution is 2.23. The predicted molar refractivity (Wildman–Crippen MR) is 117 cm³/mol. The summed E-state index contributed by atoms with van der Waals surface area (Å²) >= 11 is 3.18. The van der Waals surface area contributed by atoms with E-state index in [2.05, 4.69) is 26.6 Å². The van der Waals surface area contributed by atoms with Gasteiger partial charge in [-0.1, -0.05) is 24.3 Å². The van der Waals surface area contributed by atoms with Crippen LogP contribution in [0.25, 0.3) is 0 Å². The molecule has 3 amide bonds. The average molecular weight is 470 g/mol. The summed E-state index contributed by atoms with van der Waals surface area (Å²) in [6, 6.07) is 17.0. The molecule has 8 heteroatoms. The molecule has 0 spiro atoms. The molecule has 3 rings (SSSR count). The smallest absolute Gasteiger partial charge is 0.293 e. The first kappa shape index (κ1) is 21.3. The van der Waals surface area contributed by atoms with Crippen LogP contribution < -0.4 is 15.5 Å². The van der Waals surface area contributed by atoms with Crippen LogP contribution in [0.3, 0.4) is 0 Å². The third-order valence-electron chi connectivity index (χ3n) is 4.47. The highest BCUT2D eigenvalue weighted by Gasteiger charge is 2.21. The number of amides is 3. The second-order valence-electron chi connectivity index (χ2n) is 6.45. The van der Waals surface area contributed by atoms with Crippen molar-refractivity contribution in [2.24, 2.45) is 0 Å². The largest absolute Gasteiger partial charge is 0.444 e. The fraction of sp³-hybridized carbons (Fsp3) is 0.136. The quantitative estimate of drug-likeness (QED) is 0.576. The van der Waals surface area contributed by atoms with Gasteiger partial charge < -0.3 is 20.0 Å². The van der Waals surface area contributed by atoms with E-state index in [1.54, 1.807) is 68.7 Å². The third-order valence-corrected chi connectivity index (χ3v) is 4.89. The van der Waals surface area contributed by atoms with Crippen LogP contribution in [-0.4, -0.2) is 31.8 Å². The van der Waals surface area contributed by atoms with E-state index >= 15 is 0 Å². The Bertz CT molecular complexity index is 1090. The van der Waals surface area contributed by atoms with E-state index in [0.29, 0.717) is 21.5 Å². The van der Waals surface area contributed by atoms with Crippen molar-refractivity contribution in [2.75, 3.05) is 19.0 Å². The molecular weight excluding hydrogens is 450 g/mol. The predicted octanol–water partition coefficient (Wildman–Crippen LogP) is 3.61. The fourth-order valence-corrected chi connectivity index (χ4v) is 3.21. The van der Waals surface area contributed by atoms with Crippen LogP contribution in [-0.2, 0) is 6.54 Å². The molecule has 30 heavy (non-hydrogen) atoms. The minimum atomic E-state index is -0.376. The summed E-state index contributed by atoms with van der Waals surface area (Å²) in [7, 11) is 3.14. The Hall–Kier alpha value is -3.39. The van der Waals surface area contributed by atoms with Gasteiger partial charge in [0.15, 0.2) is 10.4 Å². The summed E-state index contributed by atoms with van der Waals surface area (Å²) in [6.45, 7) is 0.237. The van der Waals surface area contributed by atoms with Crippen LogP contribution in [0.4, 0.5) is 5.69 Å². The molecule has 2 aromatic carbocycles. The normalized spacial score (nSPS) is 10.4. The number of para-hydroxylation sites is 1. The van der Waals surface area contributed by atoms with Crippen molar-refractivity contribution in [3.05, 3.63) is 87.8 Å². The Labute approximate surface area is 182 Å². The summed E-state index contributed by atoms with van der Waals surface area (Å²) in [5.74, 6) is -0.751. The molecule has 0 unspecified atom stereocenters. The van der Waals surface area contributed by atoms with Gasteiger partial charge in [0.1, 0.15) is 0 Å². The van der Waals surface area contributed by atoms with Crippen molar-refractivity contribution in [3.8, 4) is 0 Å². The summed E-state index contributed by atoms with van der Waals surface area (Å²) in [5.41, 5.74) is 2.10. The number of carbonyl (C=O) groups excluding carboxylic acids is 3. The van der Waals surface area contributed by atoms with E-state index in [1.165, 1.54) is 4.90 Å². The van der Waals surface area contributed by atoms with Crippen LogP contribution in [0.5, 0.6) is 0 Å². The molecule has 154 valence electrons. The zero-order chi connectivity index (χ0) is 21.7. The van der Waals surface area contributed by atoms with Gasteiger partial charge in [0.05, 0.1) is 11.3 Å². The number of anilines is 1. The Balaban J connectivity index is 1.76. The Morgan fingerprint density at radius 3 is 2.47 bits per heavy atom. The van der Waals surface area contributed by atoms with E-state index in [4.69, 9.17) is 4.42 Å². The van der Waals surface area contributed by atoms with E-state index in [0.717, 1.165) is 5.56 Å². The Kier molecular flexibility index (Phi) is 6.68. The molecule has 3 aromatic rings. The zero-order valence-corrected chi connectivity index (χ0v) is 18.0. The fourth-order valence-electron chi connectivity index (χ4n) is 2.91. The maximum Gasteiger partial charge on any atom is 0.293 e. The number of furan rings is 1. The second kappa shape index (κ2) is 9.41. The SMILES string of the molecule is CNC(=O)c1cccc(CNC(=O)c2ccccc2N(C)C(=O)c2ccc(Br)o2)c1. The number of nitrogens with zero attached hydrogens (tertiary/aromatic N) is 1. The van der Waals surface area contributed by atoms with Crippen molar-refractivity contribution in [3.63, 3.8) is 0 Å². The minimum absolute atomic E-state index is 0.158. The first-order valence-corrected chi connectivity index (χ1v) is 9.91. The molecule has 0 fully saturated rings. The molecule has 0 saturated carbocycles. The van der Waals surface area contributed by atoms with Gasteiger partial charge in [-0.25, -0.2) is 0 Å². The van der Waals surface area contributed by atoms with Crippen LogP contribution in [0, 0.1) is 0 Å². The monoisotopic (exact) mass is 469 g/mol. The van der Waals surface area contributed by atoms with Crippen LogP contribution in [0.1, 0.15) is 36.8 Å². The molecule has 0 aliphatic heterocycles. The minimum Gasteiger partial charge on any atom is -0.444 e. The zero-order valence-electron chi connectivity index (χ0n) is 16.4. The molecular formula is C22H20BrN3O4. The molecule has 7 nitrogen and oxygen atoms in total. The maximum atomic E-state index is 12.8. The molecule has 0 atom stereocenters. The first-order valence-electron chi connectivity index (χ1n) is 9.12. The number of benzene rings is 2. The van der Waals surface area contributed by atoms with Gasteiger partial charge in [-0.3, -0.25) is 14.4 Å². The van der Waals surface area contributed by atoms with Crippen LogP contribution in [0.15, 0.2) is 69.8 Å². The molecule has 0 bridgehead atoms. The lowest BCUT2D eigenvalue weighted by Crippen LogP contribution is -2.30. The number of nitrogens with one attached hydrogen (secondary N) is 2. The highest BCUT2D eigenvalue weighted by atomic mass is 79.9. The van der Waals surface area contributed by atoms with Gasteiger partial charge in [0.2, 0.25) is 0 Å². The number of hydrogen-bond acceptors (Lipinski definition) is 4.